The molecule has 0 atom stereocenters. The standard InChI is InChI=1S/C14H22N4O2/c1-14(2,3)18-12(19)5-7-17-13(20)10-4-6-16-11(8-10)9-15/h4,6,8H,5,7,9,15H2,1-3H3,(H,17,20)(H,18,19). The number of amides is 2. The third kappa shape index (κ3) is 5.79. The Bertz CT molecular complexity index is 480. The number of nitrogens with two attached hydrogens (primary N) is 1. The molecule has 1 aromatic heterocycles. The number of hydrogen-bond acceptors (Lipinski definition) is 4. The summed E-state index contributed by atoms with van der Waals surface area (Å²) in [6.45, 7) is 6.31. The zero-order valence-corrected chi connectivity index (χ0v) is 12.2. The van der Waals surface area contributed by atoms with Crippen molar-refractivity contribution in [3.05, 3.63) is 29.6 Å². The number of carbonyl (C=O) groups excluding carboxylic acids is 2. The highest BCUT2D eigenvalue weighted by atomic mass is 16.2. The Hall–Kier alpha value is -1.95. The maximum atomic E-state index is 11.9. The van der Waals surface area contributed by atoms with Gasteiger partial charge >= 0.3 is 0 Å². The van der Waals surface area contributed by atoms with E-state index in [1.165, 1.54) is 0 Å². The van der Waals surface area contributed by atoms with E-state index < -0.39 is 0 Å². The van der Waals surface area contributed by atoms with E-state index in [0.29, 0.717) is 17.8 Å². The van der Waals surface area contributed by atoms with Crippen LogP contribution in [-0.2, 0) is 11.3 Å². The van der Waals surface area contributed by atoms with Gasteiger partial charge in [0.05, 0.1) is 5.69 Å². The van der Waals surface area contributed by atoms with Gasteiger partial charge in [0.25, 0.3) is 5.91 Å². The van der Waals surface area contributed by atoms with Crippen LogP contribution in [0.15, 0.2) is 18.3 Å². The second kappa shape index (κ2) is 7.00. The summed E-state index contributed by atoms with van der Waals surface area (Å²) in [6, 6.07) is 3.26. The van der Waals surface area contributed by atoms with Crippen molar-refractivity contribution in [2.75, 3.05) is 6.54 Å². The lowest BCUT2D eigenvalue weighted by atomic mass is 10.1. The number of aromatic nitrogens is 1. The Kier molecular flexibility index (Phi) is 5.64. The Morgan fingerprint density at radius 2 is 2.05 bits per heavy atom. The molecule has 2 amide bonds. The minimum Gasteiger partial charge on any atom is -0.352 e. The SMILES string of the molecule is CC(C)(C)NC(=O)CCNC(=O)c1ccnc(CN)c1. The van der Waals surface area contributed by atoms with Gasteiger partial charge in [0.1, 0.15) is 0 Å². The number of hydrogen-bond donors (Lipinski definition) is 3. The Morgan fingerprint density at radius 1 is 1.35 bits per heavy atom. The van der Waals surface area contributed by atoms with E-state index in [9.17, 15) is 9.59 Å². The van der Waals surface area contributed by atoms with Crippen LogP contribution >= 0.6 is 0 Å². The summed E-state index contributed by atoms with van der Waals surface area (Å²) < 4.78 is 0. The molecule has 0 aliphatic carbocycles. The fourth-order valence-corrected chi connectivity index (χ4v) is 1.60. The van der Waals surface area contributed by atoms with Crippen molar-refractivity contribution in [1.82, 2.24) is 15.6 Å². The molecule has 0 spiro atoms. The van der Waals surface area contributed by atoms with E-state index in [-0.39, 0.29) is 30.3 Å². The maximum absolute atomic E-state index is 11.9. The molecule has 0 bridgehead atoms. The van der Waals surface area contributed by atoms with Gasteiger partial charge in [-0.15, -0.1) is 0 Å². The first-order valence-corrected chi connectivity index (χ1v) is 6.56. The van der Waals surface area contributed by atoms with Crippen LogP contribution in [0.1, 0.15) is 43.2 Å². The molecule has 1 heterocycles. The molecule has 4 N–H and O–H groups in total. The first-order valence-electron chi connectivity index (χ1n) is 6.56. The molecule has 0 radical (unpaired) electrons. The fourth-order valence-electron chi connectivity index (χ4n) is 1.60. The van der Waals surface area contributed by atoms with Crippen LogP contribution in [0.5, 0.6) is 0 Å². The Balaban J connectivity index is 2.42. The van der Waals surface area contributed by atoms with E-state index >= 15 is 0 Å². The van der Waals surface area contributed by atoms with Crippen molar-refractivity contribution in [3.8, 4) is 0 Å². The van der Waals surface area contributed by atoms with Crippen LogP contribution in [0.3, 0.4) is 0 Å². The van der Waals surface area contributed by atoms with Crippen LogP contribution in [0.4, 0.5) is 0 Å². The molecule has 0 unspecified atom stereocenters. The highest BCUT2D eigenvalue weighted by Crippen LogP contribution is 2.02. The average Bonchev–Trinajstić information content (AvgIpc) is 2.36. The van der Waals surface area contributed by atoms with Crippen LogP contribution in [0.25, 0.3) is 0 Å². The monoisotopic (exact) mass is 278 g/mol. The molecular formula is C14H22N4O2. The van der Waals surface area contributed by atoms with Crippen molar-refractivity contribution >= 4 is 11.8 Å². The van der Waals surface area contributed by atoms with Gasteiger partial charge in [-0.05, 0) is 32.9 Å². The summed E-state index contributed by atoms with van der Waals surface area (Å²) >= 11 is 0. The Morgan fingerprint density at radius 3 is 2.65 bits per heavy atom. The number of pyridine rings is 1. The van der Waals surface area contributed by atoms with Gasteiger partial charge in [-0.2, -0.15) is 0 Å². The van der Waals surface area contributed by atoms with Crippen molar-refractivity contribution in [2.45, 2.75) is 39.3 Å². The maximum Gasteiger partial charge on any atom is 0.251 e. The second-order valence-electron chi connectivity index (χ2n) is 5.54. The lowest BCUT2D eigenvalue weighted by Crippen LogP contribution is -2.42. The molecule has 1 rings (SSSR count). The summed E-state index contributed by atoms with van der Waals surface area (Å²) in [5, 5.41) is 5.53. The summed E-state index contributed by atoms with van der Waals surface area (Å²) in [5.41, 5.74) is 6.36. The average molecular weight is 278 g/mol. The molecular weight excluding hydrogens is 256 g/mol. The first kappa shape index (κ1) is 16.1. The largest absolute Gasteiger partial charge is 0.352 e. The topological polar surface area (TPSA) is 97.1 Å². The summed E-state index contributed by atoms with van der Waals surface area (Å²) in [7, 11) is 0. The van der Waals surface area contributed by atoms with Gasteiger partial charge in [-0.25, -0.2) is 0 Å². The van der Waals surface area contributed by atoms with Crippen molar-refractivity contribution < 1.29 is 9.59 Å². The lowest BCUT2D eigenvalue weighted by molar-refractivity contribution is -0.122. The molecule has 0 aliphatic rings. The predicted molar refractivity (Wildman–Crippen MR) is 77.0 cm³/mol. The number of carbonyl (C=O) groups is 2. The summed E-state index contributed by atoms with van der Waals surface area (Å²) in [5.74, 6) is -0.319. The zero-order chi connectivity index (χ0) is 15.2. The normalized spacial score (nSPS) is 11.0. The zero-order valence-electron chi connectivity index (χ0n) is 12.2. The first-order chi connectivity index (χ1) is 9.31. The van der Waals surface area contributed by atoms with E-state index in [1.54, 1.807) is 18.3 Å². The summed E-state index contributed by atoms with van der Waals surface area (Å²) in [6.07, 6.45) is 1.79. The molecule has 0 aromatic carbocycles. The van der Waals surface area contributed by atoms with Gasteiger partial charge < -0.3 is 16.4 Å². The molecule has 20 heavy (non-hydrogen) atoms. The predicted octanol–water partition coefficient (Wildman–Crippen LogP) is 0.575. The fraction of sp³-hybridized carbons (Fsp3) is 0.500. The number of nitrogens with zero attached hydrogens (tertiary/aromatic N) is 1. The van der Waals surface area contributed by atoms with E-state index in [1.807, 2.05) is 20.8 Å². The summed E-state index contributed by atoms with van der Waals surface area (Å²) in [4.78, 5) is 27.5. The van der Waals surface area contributed by atoms with Gasteiger partial charge in [0.15, 0.2) is 0 Å². The van der Waals surface area contributed by atoms with E-state index in [0.717, 1.165) is 0 Å². The van der Waals surface area contributed by atoms with Crippen molar-refractivity contribution in [2.24, 2.45) is 5.73 Å². The Labute approximate surface area is 119 Å². The second-order valence-corrected chi connectivity index (χ2v) is 5.54. The van der Waals surface area contributed by atoms with E-state index in [2.05, 4.69) is 15.6 Å². The smallest absolute Gasteiger partial charge is 0.251 e. The molecule has 110 valence electrons. The number of rotatable bonds is 5. The lowest BCUT2D eigenvalue weighted by Gasteiger charge is -2.20. The molecule has 0 saturated heterocycles. The van der Waals surface area contributed by atoms with Crippen LogP contribution in [0, 0.1) is 0 Å². The molecule has 6 heteroatoms. The van der Waals surface area contributed by atoms with Gasteiger partial charge in [-0.1, -0.05) is 0 Å². The van der Waals surface area contributed by atoms with Gasteiger partial charge in [0, 0.05) is 36.8 Å². The molecule has 6 nitrogen and oxygen atoms in total. The minimum absolute atomic E-state index is 0.0878. The van der Waals surface area contributed by atoms with Crippen molar-refractivity contribution in [3.63, 3.8) is 0 Å². The van der Waals surface area contributed by atoms with Crippen LogP contribution < -0.4 is 16.4 Å². The highest BCUT2D eigenvalue weighted by molar-refractivity contribution is 5.94. The van der Waals surface area contributed by atoms with Crippen molar-refractivity contribution in [1.29, 1.82) is 0 Å². The molecule has 1 aromatic rings. The van der Waals surface area contributed by atoms with Gasteiger partial charge in [0.2, 0.25) is 5.91 Å². The number of nitrogens with one attached hydrogen (secondary N) is 2. The van der Waals surface area contributed by atoms with Gasteiger partial charge in [-0.3, -0.25) is 14.6 Å². The van der Waals surface area contributed by atoms with Crippen LogP contribution in [-0.4, -0.2) is 28.9 Å². The third-order valence-corrected chi connectivity index (χ3v) is 2.44. The third-order valence-electron chi connectivity index (χ3n) is 2.44. The minimum atomic E-state index is -0.262. The van der Waals surface area contributed by atoms with E-state index in [4.69, 9.17) is 5.73 Å². The van der Waals surface area contributed by atoms with Crippen LogP contribution in [0.2, 0.25) is 0 Å². The molecule has 0 fully saturated rings. The molecule has 0 aliphatic heterocycles. The molecule has 0 saturated carbocycles. The quantitative estimate of drug-likeness (QED) is 0.733. The highest BCUT2D eigenvalue weighted by Gasteiger charge is 2.13.